The summed E-state index contributed by atoms with van der Waals surface area (Å²) in [5.41, 5.74) is 3.04. The monoisotopic (exact) mass is 486 g/mol. The SMILES string of the molecule is C#CCCCN(C)c1ccc(N=Nc2cc(OC)c(N=Nc3ccc([N+](=O)[O-])cc3)cc2OC)cc1. The van der Waals surface area contributed by atoms with Crippen LogP contribution in [0, 0.1) is 22.5 Å². The number of nitrogens with zero attached hydrogens (tertiary/aromatic N) is 6. The van der Waals surface area contributed by atoms with E-state index >= 15 is 0 Å². The molecule has 10 nitrogen and oxygen atoms in total. The Morgan fingerprint density at radius 3 is 1.83 bits per heavy atom. The second kappa shape index (κ2) is 12.6. The van der Waals surface area contributed by atoms with E-state index in [9.17, 15) is 10.1 Å². The number of hydrogen-bond acceptors (Lipinski definition) is 9. The average molecular weight is 487 g/mol. The molecule has 0 bridgehead atoms. The summed E-state index contributed by atoms with van der Waals surface area (Å²) < 4.78 is 10.9. The van der Waals surface area contributed by atoms with Crippen LogP contribution >= 0.6 is 0 Å². The number of terminal acetylenes is 1. The first-order chi connectivity index (χ1) is 17.4. The molecule has 36 heavy (non-hydrogen) atoms. The third-order valence-electron chi connectivity index (χ3n) is 5.19. The zero-order valence-electron chi connectivity index (χ0n) is 20.3. The van der Waals surface area contributed by atoms with Gasteiger partial charge >= 0.3 is 0 Å². The number of nitro benzene ring substituents is 1. The van der Waals surface area contributed by atoms with Crippen LogP contribution in [-0.4, -0.2) is 32.7 Å². The number of methoxy groups -OCH3 is 2. The molecule has 0 aliphatic heterocycles. The number of hydrogen-bond donors (Lipinski definition) is 0. The Balaban J connectivity index is 1.77. The molecule has 0 amide bonds. The molecule has 0 aliphatic rings. The molecule has 3 rings (SSSR count). The van der Waals surface area contributed by atoms with E-state index in [1.54, 1.807) is 12.1 Å². The molecule has 0 unspecified atom stereocenters. The van der Waals surface area contributed by atoms with Crippen molar-refractivity contribution in [2.75, 3.05) is 32.7 Å². The van der Waals surface area contributed by atoms with E-state index in [-0.39, 0.29) is 5.69 Å². The van der Waals surface area contributed by atoms with Crippen LogP contribution < -0.4 is 14.4 Å². The van der Waals surface area contributed by atoms with Crippen molar-refractivity contribution in [2.24, 2.45) is 20.5 Å². The molecular weight excluding hydrogens is 460 g/mol. The van der Waals surface area contributed by atoms with Gasteiger partial charge in [-0.3, -0.25) is 10.1 Å². The maximum Gasteiger partial charge on any atom is 0.269 e. The molecule has 0 saturated carbocycles. The number of anilines is 1. The van der Waals surface area contributed by atoms with Gasteiger partial charge in [0.1, 0.15) is 22.9 Å². The number of benzene rings is 3. The summed E-state index contributed by atoms with van der Waals surface area (Å²) in [6.45, 7) is 0.871. The van der Waals surface area contributed by atoms with Crippen molar-refractivity contribution in [3.8, 4) is 23.8 Å². The van der Waals surface area contributed by atoms with Crippen LogP contribution in [0.3, 0.4) is 0 Å². The third kappa shape index (κ3) is 6.87. The quantitative estimate of drug-likeness (QED) is 0.0928. The minimum absolute atomic E-state index is 0.0235. The Hall–Kier alpha value is -4.78. The molecule has 0 atom stereocenters. The van der Waals surface area contributed by atoms with Gasteiger partial charge in [-0.1, -0.05) is 0 Å². The Morgan fingerprint density at radius 1 is 0.889 bits per heavy atom. The van der Waals surface area contributed by atoms with E-state index in [0.717, 1.165) is 25.1 Å². The van der Waals surface area contributed by atoms with Crippen LogP contribution in [-0.2, 0) is 0 Å². The lowest BCUT2D eigenvalue weighted by Crippen LogP contribution is -2.17. The molecule has 0 saturated heterocycles. The molecule has 0 radical (unpaired) electrons. The largest absolute Gasteiger partial charge is 0.494 e. The summed E-state index contributed by atoms with van der Waals surface area (Å²) in [5, 5.41) is 27.8. The van der Waals surface area contributed by atoms with Crippen molar-refractivity contribution in [3.05, 3.63) is 70.8 Å². The number of nitro groups is 1. The Bertz CT molecular complexity index is 1280. The van der Waals surface area contributed by atoms with E-state index in [4.69, 9.17) is 15.9 Å². The number of ether oxygens (including phenoxy) is 2. The molecule has 184 valence electrons. The maximum atomic E-state index is 10.8. The summed E-state index contributed by atoms with van der Waals surface area (Å²) in [7, 11) is 5.04. The van der Waals surface area contributed by atoms with Gasteiger partial charge < -0.3 is 14.4 Å². The number of unbranched alkanes of at least 4 members (excludes halogenated alkanes) is 1. The lowest BCUT2D eigenvalue weighted by atomic mass is 10.2. The van der Waals surface area contributed by atoms with E-state index in [1.807, 2.05) is 31.3 Å². The Morgan fingerprint density at radius 2 is 1.39 bits per heavy atom. The summed E-state index contributed by atoms with van der Waals surface area (Å²) in [4.78, 5) is 12.5. The maximum absolute atomic E-state index is 10.8. The standard InChI is InChI=1S/C26H26N6O4/c1-5-6-7-16-31(2)21-12-8-19(9-13-21)27-29-23-17-26(36-4)24(18-25(23)35-3)30-28-20-10-14-22(15-11-20)32(33)34/h1,8-15,17-18H,6-7,16H2,2-4H3. The topological polar surface area (TPSA) is 114 Å². The fraction of sp³-hybridized carbons (Fsp3) is 0.231. The van der Waals surface area contributed by atoms with Gasteiger partial charge in [-0.05, 0) is 42.8 Å². The number of non-ortho nitro benzene ring substituents is 1. The van der Waals surface area contributed by atoms with Crippen LogP contribution in [0.1, 0.15) is 12.8 Å². The average Bonchev–Trinajstić information content (AvgIpc) is 2.91. The van der Waals surface area contributed by atoms with Crippen molar-refractivity contribution in [3.63, 3.8) is 0 Å². The van der Waals surface area contributed by atoms with E-state index < -0.39 is 4.92 Å². The smallest absolute Gasteiger partial charge is 0.269 e. The highest BCUT2D eigenvalue weighted by atomic mass is 16.6. The van der Waals surface area contributed by atoms with Crippen molar-refractivity contribution < 1.29 is 14.4 Å². The van der Waals surface area contributed by atoms with Gasteiger partial charge in [0.25, 0.3) is 5.69 Å². The molecule has 0 fully saturated rings. The molecule has 3 aromatic rings. The van der Waals surface area contributed by atoms with Gasteiger partial charge in [0, 0.05) is 50.0 Å². The predicted molar refractivity (Wildman–Crippen MR) is 139 cm³/mol. The molecule has 0 spiro atoms. The summed E-state index contributed by atoms with van der Waals surface area (Å²) in [5.74, 6) is 3.50. The molecule has 0 N–H and O–H groups in total. The van der Waals surface area contributed by atoms with Crippen LogP contribution in [0.2, 0.25) is 0 Å². The first-order valence-electron chi connectivity index (χ1n) is 11.0. The van der Waals surface area contributed by atoms with E-state index in [0.29, 0.717) is 34.2 Å². The lowest BCUT2D eigenvalue weighted by Gasteiger charge is -2.18. The minimum Gasteiger partial charge on any atom is -0.494 e. The highest BCUT2D eigenvalue weighted by Crippen LogP contribution is 2.41. The number of azo groups is 2. The first kappa shape index (κ1) is 25.8. The van der Waals surface area contributed by atoms with E-state index in [2.05, 4.69) is 31.3 Å². The third-order valence-corrected chi connectivity index (χ3v) is 5.19. The summed E-state index contributed by atoms with van der Waals surface area (Å²) >= 11 is 0. The second-order valence-electron chi connectivity index (χ2n) is 7.62. The molecule has 0 aliphatic carbocycles. The molecule has 10 heteroatoms. The summed E-state index contributed by atoms with van der Waals surface area (Å²) in [6, 6.07) is 16.7. The Kier molecular flexibility index (Phi) is 9.06. The van der Waals surface area contributed by atoms with Gasteiger partial charge in [-0.25, -0.2) is 0 Å². The first-order valence-corrected chi connectivity index (χ1v) is 11.0. The van der Waals surface area contributed by atoms with Crippen LogP contribution in [0.15, 0.2) is 81.1 Å². The lowest BCUT2D eigenvalue weighted by molar-refractivity contribution is -0.384. The summed E-state index contributed by atoms with van der Waals surface area (Å²) in [6.07, 6.45) is 7.00. The van der Waals surface area contributed by atoms with Crippen molar-refractivity contribution in [1.29, 1.82) is 0 Å². The highest BCUT2D eigenvalue weighted by Gasteiger charge is 2.12. The predicted octanol–water partition coefficient (Wildman–Crippen LogP) is 7.29. The van der Waals surface area contributed by atoms with Crippen LogP contribution in [0.25, 0.3) is 0 Å². The molecule has 0 heterocycles. The van der Waals surface area contributed by atoms with Crippen LogP contribution in [0.4, 0.5) is 34.1 Å². The Labute approximate surface area is 209 Å². The molecular formula is C26H26N6O4. The fourth-order valence-electron chi connectivity index (χ4n) is 3.21. The second-order valence-corrected chi connectivity index (χ2v) is 7.62. The van der Waals surface area contributed by atoms with Gasteiger partial charge in [-0.15, -0.1) is 22.6 Å². The van der Waals surface area contributed by atoms with Crippen molar-refractivity contribution in [1.82, 2.24) is 0 Å². The fourth-order valence-corrected chi connectivity index (χ4v) is 3.21. The minimum atomic E-state index is -0.475. The van der Waals surface area contributed by atoms with Gasteiger partial charge in [0.15, 0.2) is 0 Å². The zero-order valence-corrected chi connectivity index (χ0v) is 20.3. The molecule has 3 aromatic carbocycles. The van der Waals surface area contributed by atoms with Gasteiger partial charge in [0.2, 0.25) is 0 Å². The van der Waals surface area contributed by atoms with Crippen molar-refractivity contribution >= 4 is 34.1 Å². The normalized spacial score (nSPS) is 10.9. The van der Waals surface area contributed by atoms with Gasteiger partial charge in [-0.2, -0.15) is 10.2 Å². The molecule has 0 aromatic heterocycles. The zero-order chi connectivity index (χ0) is 25.9. The van der Waals surface area contributed by atoms with Crippen molar-refractivity contribution in [2.45, 2.75) is 12.8 Å². The van der Waals surface area contributed by atoms with Crippen LogP contribution in [0.5, 0.6) is 11.5 Å². The number of rotatable bonds is 11. The van der Waals surface area contributed by atoms with E-state index in [1.165, 1.54) is 38.5 Å². The highest BCUT2D eigenvalue weighted by molar-refractivity contribution is 5.66. The van der Waals surface area contributed by atoms with Gasteiger partial charge in [0.05, 0.1) is 30.5 Å².